The van der Waals surface area contributed by atoms with E-state index in [1.807, 2.05) is 13.8 Å². The van der Waals surface area contributed by atoms with Crippen LogP contribution in [0.25, 0.3) is 0 Å². The number of aromatic nitrogens is 1. The molecule has 0 radical (unpaired) electrons. The quantitative estimate of drug-likeness (QED) is 0.854. The number of hydrogen-bond acceptors (Lipinski definition) is 4. The summed E-state index contributed by atoms with van der Waals surface area (Å²) in [6.07, 6.45) is 0.769. The van der Waals surface area contributed by atoms with Crippen molar-refractivity contribution in [3.05, 3.63) is 43.8 Å². The molecular weight excluding hydrogens is 343 g/mol. The number of halogens is 2. The van der Waals surface area contributed by atoms with Gasteiger partial charge in [-0.25, -0.2) is 4.98 Å². The van der Waals surface area contributed by atoms with Crippen LogP contribution in [-0.4, -0.2) is 24.0 Å². The molecule has 0 aliphatic carbocycles. The number of aryl methyl sites for hydroxylation is 2. The number of thiazole rings is 1. The molecule has 0 atom stereocenters. The summed E-state index contributed by atoms with van der Waals surface area (Å²) in [5.41, 5.74) is 1.03. The first kappa shape index (κ1) is 17.1. The van der Waals surface area contributed by atoms with Crippen LogP contribution in [-0.2, 0) is 11.2 Å². The number of nitrogens with zero attached hydrogens (tertiary/aromatic N) is 1. The van der Waals surface area contributed by atoms with E-state index in [9.17, 15) is 4.79 Å². The molecule has 1 N–H and O–H groups in total. The summed E-state index contributed by atoms with van der Waals surface area (Å²) >= 11 is 13.4. The SMILES string of the molecule is Cc1nc(C)c(CCNC(=O)COc2ccc(Cl)cc2Cl)s1. The van der Waals surface area contributed by atoms with Crippen LogP contribution in [0.1, 0.15) is 15.6 Å². The first-order valence-electron chi connectivity index (χ1n) is 6.73. The molecule has 0 bridgehead atoms. The minimum Gasteiger partial charge on any atom is -0.482 e. The fourth-order valence-corrected chi connectivity index (χ4v) is 3.31. The van der Waals surface area contributed by atoms with Gasteiger partial charge < -0.3 is 10.1 Å². The molecule has 1 aromatic heterocycles. The van der Waals surface area contributed by atoms with E-state index >= 15 is 0 Å². The highest BCUT2D eigenvalue weighted by molar-refractivity contribution is 7.11. The van der Waals surface area contributed by atoms with Crippen LogP contribution >= 0.6 is 34.5 Å². The molecule has 7 heteroatoms. The monoisotopic (exact) mass is 358 g/mol. The van der Waals surface area contributed by atoms with Crippen LogP contribution in [0, 0.1) is 13.8 Å². The van der Waals surface area contributed by atoms with Crippen molar-refractivity contribution in [2.75, 3.05) is 13.2 Å². The number of hydrogen-bond donors (Lipinski definition) is 1. The highest BCUT2D eigenvalue weighted by atomic mass is 35.5. The topological polar surface area (TPSA) is 51.2 Å². The van der Waals surface area contributed by atoms with Gasteiger partial charge in [-0.05, 0) is 32.0 Å². The molecule has 0 aliphatic rings. The van der Waals surface area contributed by atoms with Gasteiger partial charge in [-0.3, -0.25) is 4.79 Å². The van der Waals surface area contributed by atoms with Crippen LogP contribution in [0.5, 0.6) is 5.75 Å². The predicted octanol–water partition coefficient (Wildman–Crippen LogP) is 3.80. The van der Waals surface area contributed by atoms with Gasteiger partial charge in [0.25, 0.3) is 5.91 Å². The summed E-state index contributed by atoms with van der Waals surface area (Å²) in [5, 5.41) is 4.77. The first-order chi connectivity index (χ1) is 10.5. The zero-order chi connectivity index (χ0) is 16.1. The molecule has 1 heterocycles. The Morgan fingerprint density at radius 2 is 2.14 bits per heavy atom. The highest BCUT2D eigenvalue weighted by Crippen LogP contribution is 2.27. The average molecular weight is 359 g/mol. The molecule has 2 aromatic rings. The maximum atomic E-state index is 11.8. The largest absolute Gasteiger partial charge is 0.482 e. The third-order valence-corrected chi connectivity index (χ3v) is 4.59. The Morgan fingerprint density at radius 1 is 1.36 bits per heavy atom. The number of benzene rings is 1. The summed E-state index contributed by atoms with van der Waals surface area (Å²) in [4.78, 5) is 17.3. The predicted molar refractivity (Wildman–Crippen MR) is 90.3 cm³/mol. The summed E-state index contributed by atoms with van der Waals surface area (Å²) < 4.78 is 5.37. The smallest absolute Gasteiger partial charge is 0.257 e. The van der Waals surface area contributed by atoms with E-state index in [4.69, 9.17) is 27.9 Å². The van der Waals surface area contributed by atoms with Gasteiger partial charge in [0.1, 0.15) is 5.75 Å². The number of carbonyl (C=O) groups is 1. The van der Waals surface area contributed by atoms with E-state index in [0.29, 0.717) is 22.3 Å². The highest BCUT2D eigenvalue weighted by Gasteiger charge is 2.08. The number of nitrogens with one attached hydrogen (secondary N) is 1. The molecule has 2 rings (SSSR count). The van der Waals surface area contributed by atoms with Gasteiger partial charge >= 0.3 is 0 Å². The Hall–Kier alpha value is -1.30. The molecular formula is C15H16Cl2N2O2S. The van der Waals surface area contributed by atoms with E-state index in [2.05, 4.69) is 10.3 Å². The van der Waals surface area contributed by atoms with Crippen molar-refractivity contribution in [1.82, 2.24) is 10.3 Å². The second-order valence-corrected chi connectivity index (χ2v) is 6.84. The number of amides is 1. The fraction of sp³-hybridized carbons (Fsp3) is 0.333. The normalized spacial score (nSPS) is 10.5. The zero-order valence-electron chi connectivity index (χ0n) is 12.3. The molecule has 0 saturated heterocycles. The number of ether oxygens (including phenoxy) is 1. The number of rotatable bonds is 6. The molecule has 1 aromatic carbocycles. The molecule has 0 fully saturated rings. The summed E-state index contributed by atoms with van der Waals surface area (Å²) in [6, 6.07) is 4.88. The van der Waals surface area contributed by atoms with Gasteiger partial charge in [0.15, 0.2) is 6.61 Å². The molecule has 4 nitrogen and oxygen atoms in total. The average Bonchev–Trinajstić information content (AvgIpc) is 2.76. The van der Waals surface area contributed by atoms with Crippen LogP contribution in [0.3, 0.4) is 0 Å². The molecule has 0 unspecified atom stereocenters. The molecule has 0 saturated carbocycles. The van der Waals surface area contributed by atoms with Gasteiger partial charge in [-0.15, -0.1) is 11.3 Å². The van der Waals surface area contributed by atoms with Crippen molar-refractivity contribution in [2.45, 2.75) is 20.3 Å². The Kier molecular flexibility index (Phi) is 6.06. The van der Waals surface area contributed by atoms with E-state index in [0.717, 1.165) is 17.1 Å². The zero-order valence-corrected chi connectivity index (χ0v) is 14.6. The molecule has 0 aliphatic heterocycles. The van der Waals surface area contributed by atoms with E-state index in [1.165, 1.54) is 4.88 Å². The standard InChI is InChI=1S/C15H16Cl2N2O2S/c1-9-14(22-10(2)19-9)5-6-18-15(20)8-21-13-4-3-11(16)7-12(13)17/h3-4,7H,5-6,8H2,1-2H3,(H,18,20). The maximum Gasteiger partial charge on any atom is 0.257 e. The van der Waals surface area contributed by atoms with Crippen LogP contribution < -0.4 is 10.1 Å². The van der Waals surface area contributed by atoms with Gasteiger partial charge in [-0.2, -0.15) is 0 Å². The number of carbonyl (C=O) groups excluding carboxylic acids is 1. The van der Waals surface area contributed by atoms with Crippen molar-refractivity contribution >= 4 is 40.4 Å². The van der Waals surface area contributed by atoms with E-state index in [-0.39, 0.29) is 12.5 Å². The Labute approximate surface area is 143 Å². The van der Waals surface area contributed by atoms with Crippen molar-refractivity contribution in [3.63, 3.8) is 0 Å². The summed E-state index contributed by atoms with van der Waals surface area (Å²) in [6.45, 7) is 4.43. The van der Waals surface area contributed by atoms with Gasteiger partial charge in [0.2, 0.25) is 0 Å². The first-order valence-corrected chi connectivity index (χ1v) is 8.30. The third-order valence-electron chi connectivity index (χ3n) is 2.93. The van der Waals surface area contributed by atoms with Gasteiger partial charge in [0, 0.05) is 22.9 Å². The molecule has 118 valence electrons. The fourth-order valence-electron chi connectivity index (χ4n) is 1.91. The summed E-state index contributed by atoms with van der Waals surface area (Å²) in [7, 11) is 0. The van der Waals surface area contributed by atoms with Crippen molar-refractivity contribution in [1.29, 1.82) is 0 Å². The van der Waals surface area contributed by atoms with Crippen molar-refractivity contribution < 1.29 is 9.53 Å². The second-order valence-electron chi connectivity index (χ2n) is 4.70. The lowest BCUT2D eigenvalue weighted by Gasteiger charge is -2.08. The van der Waals surface area contributed by atoms with Crippen LogP contribution in [0.2, 0.25) is 10.0 Å². The van der Waals surface area contributed by atoms with Crippen LogP contribution in [0.4, 0.5) is 0 Å². The minimum absolute atomic E-state index is 0.0813. The lowest BCUT2D eigenvalue weighted by Crippen LogP contribution is -2.30. The molecule has 22 heavy (non-hydrogen) atoms. The van der Waals surface area contributed by atoms with Gasteiger partial charge in [-0.1, -0.05) is 23.2 Å². The Bertz CT molecular complexity index is 674. The summed E-state index contributed by atoms with van der Waals surface area (Å²) in [5.74, 6) is 0.250. The lowest BCUT2D eigenvalue weighted by atomic mass is 10.3. The minimum atomic E-state index is -0.190. The van der Waals surface area contributed by atoms with Gasteiger partial charge in [0.05, 0.1) is 15.7 Å². The lowest BCUT2D eigenvalue weighted by molar-refractivity contribution is -0.123. The second kappa shape index (κ2) is 7.81. The maximum absolute atomic E-state index is 11.8. The Balaban J connectivity index is 1.75. The van der Waals surface area contributed by atoms with E-state index in [1.54, 1.807) is 29.5 Å². The molecule has 0 spiro atoms. The van der Waals surface area contributed by atoms with Crippen molar-refractivity contribution in [2.24, 2.45) is 0 Å². The van der Waals surface area contributed by atoms with Crippen molar-refractivity contribution in [3.8, 4) is 5.75 Å². The Morgan fingerprint density at radius 3 is 2.77 bits per heavy atom. The van der Waals surface area contributed by atoms with Crippen LogP contribution in [0.15, 0.2) is 18.2 Å². The molecule has 1 amide bonds. The van der Waals surface area contributed by atoms with E-state index < -0.39 is 0 Å². The third kappa shape index (κ3) is 4.87.